The molecule has 2 aromatic carbocycles. The number of aromatic nitrogens is 4. The van der Waals surface area contributed by atoms with Gasteiger partial charge in [-0.1, -0.05) is 36.4 Å². The minimum absolute atomic E-state index is 0.0277. The van der Waals surface area contributed by atoms with Crippen molar-refractivity contribution in [3.63, 3.8) is 0 Å². The number of nitrogens with zero attached hydrogens (tertiary/aromatic N) is 5. The lowest BCUT2D eigenvalue weighted by Crippen LogP contribution is -2.35. The fraction of sp³-hybridized carbons (Fsp3) is 0.316. The van der Waals surface area contributed by atoms with Crippen molar-refractivity contribution in [2.75, 3.05) is 18.0 Å². The third kappa shape index (κ3) is 3.51. The van der Waals surface area contributed by atoms with E-state index < -0.39 is 0 Å². The SMILES string of the molecule is Cc1nnn(CCNC(=O)[C@@H]2CC(=O)N(c3cccc4ccccc34)C2)n1. The molecule has 1 atom stereocenters. The second-order valence-electron chi connectivity index (χ2n) is 6.63. The molecule has 0 radical (unpaired) electrons. The monoisotopic (exact) mass is 364 g/mol. The maximum absolute atomic E-state index is 12.5. The van der Waals surface area contributed by atoms with Crippen LogP contribution < -0.4 is 10.2 Å². The number of hydrogen-bond acceptors (Lipinski definition) is 5. The molecule has 0 spiro atoms. The van der Waals surface area contributed by atoms with Crippen LogP contribution in [0.5, 0.6) is 0 Å². The second kappa shape index (κ2) is 7.14. The van der Waals surface area contributed by atoms with Crippen LogP contribution >= 0.6 is 0 Å². The Kier molecular flexibility index (Phi) is 4.53. The van der Waals surface area contributed by atoms with E-state index in [4.69, 9.17) is 0 Å². The number of rotatable bonds is 5. The van der Waals surface area contributed by atoms with E-state index >= 15 is 0 Å². The van der Waals surface area contributed by atoms with Gasteiger partial charge in [-0.25, -0.2) is 0 Å². The van der Waals surface area contributed by atoms with Crippen LogP contribution in [0.1, 0.15) is 12.2 Å². The normalized spacial score (nSPS) is 16.9. The van der Waals surface area contributed by atoms with Crippen LogP contribution in [-0.2, 0) is 16.1 Å². The summed E-state index contributed by atoms with van der Waals surface area (Å²) in [6.07, 6.45) is 0.218. The molecule has 1 aromatic heterocycles. The van der Waals surface area contributed by atoms with Gasteiger partial charge < -0.3 is 10.2 Å². The number of carbonyl (C=O) groups excluding carboxylic acids is 2. The molecule has 8 heteroatoms. The summed E-state index contributed by atoms with van der Waals surface area (Å²) in [5.41, 5.74) is 0.857. The molecule has 3 aromatic rings. The predicted octanol–water partition coefficient (Wildman–Crippen LogP) is 1.30. The summed E-state index contributed by atoms with van der Waals surface area (Å²) in [6, 6.07) is 13.8. The Morgan fingerprint density at radius 2 is 2.04 bits per heavy atom. The summed E-state index contributed by atoms with van der Waals surface area (Å²) in [7, 11) is 0. The first-order valence-corrected chi connectivity index (χ1v) is 8.92. The van der Waals surface area contributed by atoms with Gasteiger partial charge in [0.15, 0.2) is 5.82 Å². The lowest BCUT2D eigenvalue weighted by Gasteiger charge is -2.19. The van der Waals surface area contributed by atoms with Gasteiger partial charge in [0, 0.05) is 24.9 Å². The number of nitrogens with one attached hydrogen (secondary N) is 1. The van der Waals surface area contributed by atoms with Crippen LogP contribution in [0.2, 0.25) is 0 Å². The minimum Gasteiger partial charge on any atom is -0.354 e. The number of tetrazole rings is 1. The fourth-order valence-corrected chi connectivity index (χ4v) is 3.40. The van der Waals surface area contributed by atoms with Gasteiger partial charge in [0.1, 0.15) is 0 Å². The molecule has 1 aliphatic heterocycles. The van der Waals surface area contributed by atoms with Crippen molar-refractivity contribution >= 4 is 28.3 Å². The van der Waals surface area contributed by atoms with Crippen molar-refractivity contribution in [1.82, 2.24) is 25.5 Å². The highest BCUT2D eigenvalue weighted by Gasteiger charge is 2.35. The van der Waals surface area contributed by atoms with E-state index in [1.54, 1.807) is 11.8 Å². The van der Waals surface area contributed by atoms with Crippen molar-refractivity contribution in [2.45, 2.75) is 19.9 Å². The number of carbonyl (C=O) groups is 2. The van der Waals surface area contributed by atoms with Crippen molar-refractivity contribution in [1.29, 1.82) is 0 Å². The second-order valence-corrected chi connectivity index (χ2v) is 6.63. The third-order valence-electron chi connectivity index (χ3n) is 4.72. The molecule has 1 saturated heterocycles. The maximum Gasteiger partial charge on any atom is 0.227 e. The summed E-state index contributed by atoms with van der Waals surface area (Å²) in [4.78, 5) is 28.2. The van der Waals surface area contributed by atoms with Crippen LogP contribution in [0.15, 0.2) is 42.5 Å². The Morgan fingerprint density at radius 3 is 2.85 bits per heavy atom. The molecule has 2 heterocycles. The smallest absolute Gasteiger partial charge is 0.227 e. The highest BCUT2D eigenvalue weighted by Crippen LogP contribution is 2.31. The number of benzene rings is 2. The Bertz CT molecular complexity index is 993. The van der Waals surface area contributed by atoms with Gasteiger partial charge in [0.25, 0.3) is 0 Å². The molecule has 1 aliphatic rings. The molecule has 0 unspecified atom stereocenters. The summed E-state index contributed by atoms with van der Waals surface area (Å²) in [5.74, 6) is 0.0818. The van der Waals surface area contributed by atoms with Gasteiger partial charge in [-0.2, -0.15) is 4.80 Å². The number of anilines is 1. The Labute approximate surface area is 156 Å². The number of hydrogen-bond donors (Lipinski definition) is 1. The van der Waals surface area contributed by atoms with E-state index in [-0.39, 0.29) is 24.2 Å². The minimum atomic E-state index is -0.359. The molecule has 1 fully saturated rings. The van der Waals surface area contributed by atoms with Crippen LogP contribution in [0.25, 0.3) is 10.8 Å². The summed E-state index contributed by atoms with van der Waals surface area (Å²) >= 11 is 0. The average molecular weight is 364 g/mol. The van der Waals surface area contributed by atoms with Crippen molar-refractivity contribution in [2.24, 2.45) is 5.92 Å². The molecule has 27 heavy (non-hydrogen) atoms. The average Bonchev–Trinajstić information content (AvgIpc) is 3.27. The summed E-state index contributed by atoms with van der Waals surface area (Å²) in [5, 5.41) is 16.7. The van der Waals surface area contributed by atoms with Gasteiger partial charge in [0.2, 0.25) is 11.8 Å². The van der Waals surface area contributed by atoms with Crippen LogP contribution in [-0.4, -0.2) is 45.1 Å². The molecule has 8 nitrogen and oxygen atoms in total. The van der Waals surface area contributed by atoms with E-state index in [1.807, 2.05) is 42.5 Å². The van der Waals surface area contributed by atoms with Gasteiger partial charge in [-0.15, -0.1) is 10.2 Å². The molecular weight excluding hydrogens is 344 g/mol. The predicted molar refractivity (Wildman–Crippen MR) is 100.0 cm³/mol. The third-order valence-corrected chi connectivity index (χ3v) is 4.72. The Morgan fingerprint density at radius 1 is 1.22 bits per heavy atom. The molecule has 138 valence electrons. The van der Waals surface area contributed by atoms with E-state index in [0.717, 1.165) is 16.5 Å². The van der Waals surface area contributed by atoms with Gasteiger partial charge >= 0.3 is 0 Å². The van der Waals surface area contributed by atoms with E-state index in [0.29, 0.717) is 25.5 Å². The molecule has 2 amide bonds. The zero-order valence-electron chi connectivity index (χ0n) is 15.0. The van der Waals surface area contributed by atoms with Crippen LogP contribution in [0.4, 0.5) is 5.69 Å². The molecule has 1 N–H and O–H groups in total. The van der Waals surface area contributed by atoms with E-state index in [1.165, 1.54) is 4.80 Å². The topological polar surface area (TPSA) is 93.0 Å². The zero-order chi connectivity index (χ0) is 18.8. The van der Waals surface area contributed by atoms with E-state index in [2.05, 4.69) is 20.7 Å². The quantitative estimate of drug-likeness (QED) is 0.737. The highest BCUT2D eigenvalue weighted by molar-refractivity contribution is 6.06. The van der Waals surface area contributed by atoms with Gasteiger partial charge in [-0.05, 0) is 23.6 Å². The van der Waals surface area contributed by atoms with Crippen LogP contribution in [0, 0.1) is 12.8 Å². The molecule has 4 rings (SSSR count). The lowest BCUT2D eigenvalue weighted by molar-refractivity contribution is -0.126. The molecule has 0 bridgehead atoms. The lowest BCUT2D eigenvalue weighted by atomic mass is 10.1. The van der Waals surface area contributed by atoms with E-state index in [9.17, 15) is 9.59 Å². The molecule has 0 aliphatic carbocycles. The van der Waals surface area contributed by atoms with Crippen molar-refractivity contribution in [3.05, 3.63) is 48.3 Å². The number of amides is 2. The molecular formula is C19H20N6O2. The zero-order valence-corrected chi connectivity index (χ0v) is 15.0. The van der Waals surface area contributed by atoms with Crippen molar-refractivity contribution < 1.29 is 9.59 Å². The van der Waals surface area contributed by atoms with Gasteiger partial charge in [0.05, 0.1) is 18.2 Å². The van der Waals surface area contributed by atoms with Gasteiger partial charge in [-0.3, -0.25) is 9.59 Å². The fourth-order valence-electron chi connectivity index (χ4n) is 3.40. The van der Waals surface area contributed by atoms with Crippen LogP contribution in [0.3, 0.4) is 0 Å². The van der Waals surface area contributed by atoms with Crippen molar-refractivity contribution in [3.8, 4) is 0 Å². The largest absolute Gasteiger partial charge is 0.354 e. The highest BCUT2D eigenvalue weighted by atomic mass is 16.2. The number of aryl methyl sites for hydroxylation is 1. The number of fused-ring (bicyclic) bond motifs is 1. The first-order chi connectivity index (χ1) is 13.1. The summed E-state index contributed by atoms with van der Waals surface area (Å²) < 4.78 is 0. The standard InChI is InChI=1S/C19H20N6O2/c1-13-21-23-25(22-13)10-9-20-19(27)15-11-18(26)24(12-15)17-8-4-6-14-5-2-3-7-16(14)17/h2-8,15H,9-12H2,1H3,(H,20,27)/t15-/m1/s1. The maximum atomic E-state index is 12.5. The molecule has 0 saturated carbocycles. The Hall–Kier alpha value is -3.29. The Balaban J connectivity index is 1.41. The summed E-state index contributed by atoms with van der Waals surface area (Å²) in [6.45, 7) is 2.99. The first-order valence-electron chi connectivity index (χ1n) is 8.92. The first kappa shape index (κ1) is 17.1.